The van der Waals surface area contributed by atoms with Gasteiger partial charge in [-0.3, -0.25) is 9.59 Å². The van der Waals surface area contributed by atoms with Crippen molar-refractivity contribution in [3.8, 4) is 11.5 Å². The van der Waals surface area contributed by atoms with E-state index in [1.165, 1.54) is 0 Å². The van der Waals surface area contributed by atoms with Gasteiger partial charge in [0.15, 0.2) is 0 Å². The molecule has 1 fully saturated rings. The Hall–Kier alpha value is -3.06. The van der Waals surface area contributed by atoms with Gasteiger partial charge in [0.1, 0.15) is 11.5 Å². The maximum Gasteiger partial charge on any atom is 0.227 e. The van der Waals surface area contributed by atoms with E-state index in [0.717, 1.165) is 17.0 Å². The van der Waals surface area contributed by atoms with Crippen LogP contribution in [-0.2, 0) is 9.59 Å². The first kappa shape index (κ1) is 20.7. The fraction of sp³-hybridized carbons (Fsp3) is 0.364. The number of benzene rings is 2. The lowest BCUT2D eigenvalue weighted by molar-refractivity contribution is -0.129. The van der Waals surface area contributed by atoms with Crippen molar-refractivity contribution >= 4 is 17.5 Å². The van der Waals surface area contributed by atoms with E-state index in [1.54, 1.807) is 19.1 Å². The number of piperidine rings is 1. The predicted octanol–water partition coefficient (Wildman–Crippen LogP) is 2.26. The number of carbonyl (C=O) groups is 2. The molecule has 7 heteroatoms. The molecule has 1 aliphatic rings. The Morgan fingerprint density at radius 3 is 2.21 bits per heavy atom. The van der Waals surface area contributed by atoms with Crippen LogP contribution in [0.25, 0.3) is 0 Å². The molecule has 0 aromatic heterocycles. The molecule has 2 amide bonds. The predicted molar refractivity (Wildman–Crippen MR) is 111 cm³/mol. The van der Waals surface area contributed by atoms with Crippen LogP contribution in [0.1, 0.15) is 24.4 Å². The fourth-order valence-electron chi connectivity index (χ4n) is 3.72. The van der Waals surface area contributed by atoms with E-state index in [4.69, 9.17) is 15.2 Å². The molecular weight excluding hydrogens is 370 g/mol. The minimum Gasteiger partial charge on any atom is -0.497 e. The maximum absolute atomic E-state index is 13.0. The number of ether oxygens (including phenoxy) is 2. The molecule has 1 saturated heterocycles. The Morgan fingerprint density at radius 1 is 1.07 bits per heavy atom. The monoisotopic (exact) mass is 397 g/mol. The normalized spacial score (nSPS) is 19.0. The summed E-state index contributed by atoms with van der Waals surface area (Å²) in [5.74, 6) is 0.934. The smallest absolute Gasteiger partial charge is 0.227 e. The molecule has 7 nitrogen and oxygen atoms in total. The van der Waals surface area contributed by atoms with E-state index in [1.807, 2.05) is 48.5 Å². The van der Waals surface area contributed by atoms with Crippen LogP contribution in [0.2, 0.25) is 0 Å². The number of rotatable bonds is 7. The van der Waals surface area contributed by atoms with Gasteiger partial charge in [-0.05, 0) is 48.4 Å². The first-order chi connectivity index (χ1) is 14.1. The summed E-state index contributed by atoms with van der Waals surface area (Å²) < 4.78 is 10.5. The Kier molecular flexibility index (Phi) is 6.72. The quantitative estimate of drug-likeness (QED) is 0.747. The minimum atomic E-state index is -0.423. The fourth-order valence-corrected chi connectivity index (χ4v) is 3.72. The van der Waals surface area contributed by atoms with Gasteiger partial charge in [0.2, 0.25) is 11.8 Å². The van der Waals surface area contributed by atoms with Gasteiger partial charge >= 0.3 is 0 Å². The summed E-state index contributed by atoms with van der Waals surface area (Å²) >= 11 is 0. The Labute approximate surface area is 170 Å². The molecular formula is C22H27N3O4. The van der Waals surface area contributed by atoms with Gasteiger partial charge in [-0.25, -0.2) is 0 Å². The molecule has 2 aromatic rings. The third kappa shape index (κ3) is 4.51. The first-order valence-electron chi connectivity index (χ1n) is 9.67. The standard InChI is InChI=1S/C22H27N3O4/c1-28-17-7-3-15(4-8-17)21-19(22(27)24-14-13-23)11-12-20(26)25(21)16-5-9-18(29-2)10-6-16/h3-10,19,21H,11-14,23H2,1-2H3,(H,24,27). The highest BCUT2D eigenvalue weighted by Gasteiger charge is 2.41. The molecule has 0 saturated carbocycles. The zero-order chi connectivity index (χ0) is 20.8. The maximum atomic E-state index is 13.0. The number of nitrogens with zero attached hydrogens (tertiary/aromatic N) is 1. The van der Waals surface area contributed by atoms with Gasteiger partial charge in [-0.2, -0.15) is 0 Å². The van der Waals surface area contributed by atoms with Crippen molar-refractivity contribution in [3.05, 3.63) is 54.1 Å². The molecule has 2 unspecified atom stereocenters. The van der Waals surface area contributed by atoms with Crippen LogP contribution < -0.4 is 25.4 Å². The van der Waals surface area contributed by atoms with Crippen molar-refractivity contribution in [1.29, 1.82) is 0 Å². The van der Waals surface area contributed by atoms with Crippen molar-refractivity contribution < 1.29 is 19.1 Å². The number of hydrogen-bond donors (Lipinski definition) is 2. The first-order valence-corrected chi connectivity index (χ1v) is 9.67. The number of hydrogen-bond acceptors (Lipinski definition) is 5. The molecule has 0 radical (unpaired) electrons. The van der Waals surface area contributed by atoms with Crippen LogP contribution in [0.15, 0.2) is 48.5 Å². The molecule has 0 aliphatic carbocycles. The average Bonchev–Trinajstić information content (AvgIpc) is 2.77. The van der Waals surface area contributed by atoms with Gasteiger partial charge in [0.05, 0.1) is 26.2 Å². The van der Waals surface area contributed by atoms with Crippen molar-refractivity contribution in [3.63, 3.8) is 0 Å². The summed E-state index contributed by atoms with van der Waals surface area (Å²) in [7, 11) is 3.20. The molecule has 2 aromatic carbocycles. The van der Waals surface area contributed by atoms with Gasteiger partial charge in [0.25, 0.3) is 0 Å². The van der Waals surface area contributed by atoms with Crippen LogP contribution in [-0.4, -0.2) is 39.1 Å². The second-order valence-corrected chi connectivity index (χ2v) is 6.90. The molecule has 154 valence electrons. The summed E-state index contributed by atoms with van der Waals surface area (Å²) in [5, 5.41) is 2.88. The lowest BCUT2D eigenvalue weighted by Crippen LogP contribution is -2.48. The van der Waals surface area contributed by atoms with Crippen LogP contribution in [0.4, 0.5) is 5.69 Å². The van der Waals surface area contributed by atoms with Crippen LogP contribution in [0.3, 0.4) is 0 Å². The van der Waals surface area contributed by atoms with Crippen molar-refractivity contribution in [2.75, 3.05) is 32.2 Å². The zero-order valence-corrected chi connectivity index (χ0v) is 16.8. The van der Waals surface area contributed by atoms with Crippen molar-refractivity contribution in [2.24, 2.45) is 11.7 Å². The van der Waals surface area contributed by atoms with E-state index in [2.05, 4.69) is 5.32 Å². The lowest BCUT2D eigenvalue weighted by atomic mass is 9.83. The third-order valence-electron chi connectivity index (χ3n) is 5.19. The second-order valence-electron chi connectivity index (χ2n) is 6.90. The Balaban J connectivity index is 2.02. The van der Waals surface area contributed by atoms with E-state index in [9.17, 15) is 9.59 Å². The molecule has 2 atom stereocenters. The lowest BCUT2D eigenvalue weighted by Gasteiger charge is -2.41. The summed E-state index contributed by atoms with van der Waals surface area (Å²) in [6.07, 6.45) is 0.790. The number of anilines is 1. The van der Waals surface area contributed by atoms with Crippen LogP contribution >= 0.6 is 0 Å². The highest BCUT2D eigenvalue weighted by molar-refractivity contribution is 5.97. The number of methoxy groups -OCH3 is 2. The van der Waals surface area contributed by atoms with Gasteiger partial charge in [0, 0.05) is 25.2 Å². The average molecular weight is 397 g/mol. The molecule has 3 rings (SSSR count). The molecule has 3 N–H and O–H groups in total. The SMILES string of the molecule is COc1ccc(C2C(C(=O)NCCN)CCC(=O)N2c2ccc(OC)cc2)cc1. The molecule has 29 heavy (non-hydrogen) atoms. The number of amides is 2. The van der Waals surface area contributed by atoms with E-state index >= 15 is 0 Å². The molecule has 0 spiro atoms. The van der Waals surface area contributed by atoms with E-state index in [-0.39, 0.29) is 17.7 Å². The third-order valence-corrected chi connectivity index (χ3v) is 5.19. The van der Waals surface area contributed by atoms with E-state index < -0.39 is 6.04 Å². The zero-order valence-electron chi connectivity index (χ0n) is 16.8. The Morgan fingerprint density at radius 2 is 1.66 bits per heavy atom. The van der Waals surface area contributed by atoms with Crippen LogP contribution in [0, 0.1) is 5.92 Å². The van der Waals surface area contributed by atoms with E-state index in [0.29, 0.717) is 31.7 Å². The van der Waals surface area contributed by atoms with Crippen LogP contribution in [0.5, 0.6) is 11.5 Å². The number of carbonyl (C=O) groups excluding carboxylic acids is 2. The minimum absolute atomic E-state index is 0.0149. The number of nitrogens with one attached hydrogen (secondary N) is 1. The van der Waals surface area contributed by atoms with Gasteiger partial charge in [-0.15, -0.1) is 0 Å². The summed E-state index contributed by atoms with van der Waals surface area (Å²) in [6.45, 7) is 0.772. The summed E-state index contributed by atoms with van der Waals surface area (Å²) in [6, 6.07) is 14.4. The summed E-state index contributed by atoms with van der Waals surface area (Å²) in [4.78, 5) is 27.6. The largest absolute Gasteiger partial charge is 0.497 e. The topological polar surface area (TPSA) is 93.9 Å². The summed E-state index contributed by atoms with van der Waals surface area (Å²) in [5.41, 5.74) is 7.15. The van der Waals surface area contributed by atoms with Crippen molar-refractivity contribution in [1.82, 2.24) is 5.32 Å². The highest BCUT2D eigenvalue weighted by Crippen LogP contribution is 2.40. The Bertz CT molecular complexity index is 836. The van der Waals surface area contributed by atoms with Gasteiger partial charge < -0.3 is 25.4 Å². The molecule has 1 heterocycles. The highest BCUT2D eigenvalue weighted by atomic mass is 16.5. The second kappa shape index (κ2) is 9.43. The molecule has 0 bridgehead atoms. The molecule has 1 aliphatic heterocycles. The number of nitrogens with two attached hydrogens (primary N) is 1. The van der Waals surface area contributed by atoms with Crippen molar-refractivity contribution in [2.45, 2.75) is 18.9 Å². The van der Waals surface area contributed by atoms with Gasteiger partial charge in [-0.1, -0.05) is 12.1 Å².